The molecule has 1 N–H and O–H groups in total. The second kappa shape index (κ2) is 4.89. The maximum atomic E-state index is 3.77. The predicted octanol–water partition coefficient (Wildman–Crippen LogP) is 4.30. The van der Waals surface area contributed by atoms with Crippen LogP contribution in [0.2, 0.25) is 0 Å². The summed E-state index contributed by atoms with van der Waals surface area (Å²) in [6.07, 6.45) is 8.24. The van der Waals surface area contributed by atoms with E-state index in [-0.39, 0.29) is 0 Å². The van der Waals surface area contributed by atoms with E-state index in [1.54, 1.807) is 5.56 Å². The lowest BCUT2D eigenvalue weighted by Crippen LogP contribution is -2.42. The van der Waals surface area contributed by atoms with Crippen molar-refractivity contribution in [3.63, 3.8) is 0 Å². The van der Waals surface area contributed by atoms with E-state index in [1.165, 1.54) is 55.8 Å². The number of rotatable bonds is 5. The molecule has 2 aromatic carbocycles. The molecule has 2 aromatic rings. The fraction of sp³-hybridized carbons (Fsp3) is 0.474. The van der Waals surface area contributed by atoms with Gasteiger partial charge in [0, 0.05) is 12.6 Å². The minimum atomic E-state index is 0.534. The molecular formula is C19H23N. The van der Waals surface area contributed by atoms with Crippen molar-refractivity contribution in [1.82, 2.24) is 5.32 Å². The van der Waals surface area contributed by atoms with E-state index in [0.29, 0.717) is 5.41 Å². The Bertz CT molecular complexity index is 603. The van der Waals surface area contributed by atoms with Crippen LogP contribution in [0.15, 0.2) is 42.5 Å². The van der Waals surface area contributed by atoms with Crippen molar-refractivity contribution in [2.75, 3.05) is 6.54 Å². The molecule has 0 unspecified atom stereocenters. The molecule has 4 rings (SSSR count). The van der Waals surface area contributed by atoms with Crippen LogP contribution in [-0.2, 0) is 6.42 Å². The van der Waals surface area contributed by atoms with Crippen LogP contribution in [0.25, 0.3) is 10.8 Å². The largest absolute Gasteiger partial charge is 0.313 e. The zero-order valence-corrected chi connectivity index (χ0v) is 12.1. The molecular weight excluding hydrogens is 242 g/mol. The Balaban J connectivity index is 1.58. The van der Waals surface area contributed by atoms with Crippen molar-refractivity contribution >= 4 is 10.8 Å². The van der Waals surface area contributed by atoms with E-state index in [9.17, 15) is 0 Å². The molecule has 20 heavy (non-hydrogen) atoms. The van der Waals surface area contributed by atoms with Gasteiger partial charge in [0.25, 0.3) is 0 Å². The van der Waals surface area contributed by atoms with Crippen LogP contribution >= 0.6 is 0 Å². The smallest absolute Gasteiger partial charge is 0.00684 e. The molecule has 0 saturated heterocycles. The van der Waals surface area contributed by atoms with Crippen molar-refractivity contribution < 1.29 is 0 Å². The maximum Gasteiger partial charge on any atom is 0.00684 e. The first-order valence-corrected chi connectivity index (χ1v) is 8.05. The molecule has 0 heterocycles. The molecule has 0 aliphatic heterocycles. The van der Waals surface area contributed by atoms with Gasteiger partial charge in [-0.15, -0.1) is 0 Å². The molecule has 0 amide bonds. The Morgan fingerprint density at radius 3 is 2.55 bits per heavy atom. The number of fused-ring (bicyclic) bond motifs is 1. The van der Waals surface area contributed by atoms with E-state index < -0.39 is 0 Å². The Morgan fingerprint density at radius 2 is 1.80 bits per heavy atom. The molecule has 0 spiro atoms. The molecule has 0 aromatic heterocycles. The zero-order valence-electron chi connectivity index (χ0n) is 12.1. The monoisotopic (exact) mass is 265 g/mol. The van der Waals surface area contributed by atoms with Crippen LogP contribution in [-0.4, -0.2) is 12.6 Å². The summed E-state index contributed by atoms with van der Waals surface area (Å²) in [4.78, 5) is 0. The summed E-state index contributed by atoms with van der Waals surface area (Å²) in [6, 6.07) is 16.4. The molecule has 2 saturated carbocycles. The van der Waals surface area contributed by atoms with Crippen LogP contribution in [0.1, 0.15) is 37.7 Å². The second-order valence-corrected chi connectivity index (χ2v) is 6.82. The highest BCUT2D eigenvalue weighted by Crippen LogP contribution is 2.44. The molecule has 2 fully saturated rings. The van der Waals surface area contributed by atoms with Crippen LogP contribution in [0, 0.1) is 5.41 Å². The first-order chi connectivity index (χ1) is 9.85. The van der Waals surface area contributed by atoms with Gasteiger partial charge >= 0.3 is 0 Å². The average molecular weight is 265 g/mol. The molecule has 0 radical (unpaired) electrons. The molecule has 0 atom stereocenters. The van der Waals surface area contributed by atoms with Crippen molar-refractivity contribution in [3.8, 4) is 0 Å². The van der Waals surface area contributed by atoms with Gasteiger partial charge in [0.2, 0.25) is 0 Å². The fourth-order valence-electron chi connectivity index (χ4n) is 3.59. The first kappa shape index (κ1) is 12.4. The summed E-state index contributed by atoms with van der Waals surface area (Å²) < 4.78 is 0. The minimum Gasteiger partial charge on any atom is -0.313 e. The Morgan fingerprint density at radius 1 is 1.00 bits per heavy atom. The van der Waals surface area contributed by atoms with Gasteiger partial charge in [0.15, 0.2) is 0 Å². The van der Waals surface area contributed by atoms with E-state index in [1.807, 2.05) is 0 Å². The highest BCUT2D eigenvalue weighted by Gasteiger charge is 2.38. The van der Waals surface area contributed by atoms with Gasteiger partial charge in [0.1, 0.15) is 0 Å². The fourth-order valence-corrected chi connectivity index (χ4v) is 3.59. The van der Waals surface area contributed by atoms with Gasteiger partial charge < -0.3 is 5.32 Å². The lowest BCUT2D eigenvalue weighted by atomic mass is 9.65. The lowest BCUT2D eigenvalue weighted by molar-refractivity contribution is 0.130. The lowest BCUT2D eigenvalue weighted by Gasteiger charge is -2.43. The summed E-state index contributed by atoms with van der Waals surface area (Å²) in [7, 11) is 0. The van der Waals surface area contributed by atoms with E-state index in [4.69, 9.17) is 0 Å². The Labute approximate surface area is 121 Å². The van der Waals surface area contributed by atoms with Crippen molar-refractivity contribution in [1.29, 1.82) is 0 Å². The van der Waals surface area contributed by atoms with Crippen LogP contribution < -0.4 is 5.32 Å². The van der Waals surface area contributed by atoms with Gasteiger partial charge in [-0.3, -0.25) is 0 Å². The summed E-state index contributed by atoms with van der Waals surface area (Å²) in [5, 5.41) is 6.60. The van der Waals surface area contributed by atoms with E-state index in [2.05, 4.69) is 47.8 Å². The van der Waals surface area contributed by atoms with E-state index in [0.717, 1.165) is 6.04 Å². The molecule has 1 nitrogen and oxygen atoms in total. The van der Waals surface area contributed by atoms with Crippen LogP contribution in [0.5, 0.6) is 0 Å². The highest BCUT2D eigenvalue weighted by atomic mass is 15.0. The van der Waals surface area contributed by atoms with Crippen molar-refractivity contribution in [2.24, 2.45) is 5.41 Å². The summed E-state index contributed by atoms with van der Waals surface area (Å²) in [5.41, 5.74) is 2.08. The molecule has 2 aliphatic carbocycles. The number of hydrogen-bond acceptors (Lipinski definition) is 1. The molecule has 2 aliphatic rings. The third kappa shape index (κ3) is 2.35. The zero-order chi connectivity index (χ0) is 13.4. The molecule has 104 valence electrons. The van der Waals surface area contributed by atoms with Gasteiger partial charge in [-0.25, -0.2) is 0 Å². The Hall–Kier alpha value is -1.34. The summed E-state index contributed by atoms with van der Waals surface area (Å²) >= 11 is 0. The molecule has 1 heteroatoms. The summed E-state index contributed by atoms with van der Waals surface area (Å²) in [5.74, 6) is 0. The average Bonchev–Trinajstić information content (AvgIpc) is 3.26. The second-order valence-electron chi connectivity index (χ2n) is 6.82. The van der Waals surface area contributed by atoms with Crippen LogP contribution in [0.4, 0.5) is 0 Å². The number of hydrogen-bond donors (Lipinski definition) is 1. The third-order valence-corrected chi connectivity index (χ3v) is 5.20. The van der Waals surface area contributed by atoms with Crippen molar-refractivity contribution in [2.45, 2.75) is 44.6 Å². The maximum absolute atomic E-state index is 3.77. The van der Waals surface area contributed by atoms with Gasteiger partial charge in [-0.05, 0) is 53.9 Å². The SMILES string of the molecule is c1ccc2c(CC3(CNC4CC4)CCC3)cccc2c1. The predicted molar refractivity (Wildman–Crippen MR) is 85.0 cm³/mol. The van der Waals surface area contributed by atoms with Crippen molar-refractivity contribution in [3.05, 3.63) is 48.0 Å². The quantitative estimate of drug-likeness (QED) is 0.849. The van der Waals surface area contributed by atoms with Gasteiger partial charge in [-0.1, -0.05) is 48.9 Å². The van der Waals surface area contributed by atoms with E-state index >= 15 is 0 Å². The third-order valence-electron chi connectivity index (χ3n) is 5.20. The molecule has 0 bridgehead atoms. The van der Waals surface area contributed by atoms with Gasteiger partial charge in [0.05, 0.1) is 0 Å². The van der Waals surface area contributed by atoms with Gasteiger partial charge in [-0.2, -0.15) is 0 Å². The first-order valence-electron chi connectivity index (χ1n) is 8.05. The topological polar surface area (TPSA) is 12.0 Å². The highest BCUT2D eigenvalue weighted by molar-refractivity contribution is 5.85. The number of nitrogens with one attached hydrogen (secondary N) is 1. The number of benzene rings is 2. The normalized spacial score (nSPS) is 20.8. The standard InChI is InChI=1S/C19H23N/c1-2-8-18-15(5-1)6-3-7-16(18)13-19(11-4-12-19)14-20-17-9-10-17/h1-3,5-8,17,20H,4,9-14H2. The minimum absolute atomic E-state index is 0.534. The summed E-state index contributed by atoms with van der Waals surface area (Å²) in [6.45, 7) is 1.22. The Kier molecular flexibility index (Phi) is 3.03. The van der Waals surface area contributed by atoms with Crippen LogP contribution in [0.3, 0.4) is 0 Å².